The monoisotopic (exact) mass is 330 g/mol. The van der Waals surface area contributed by atoms with Crippen LogP contribution in [0.3, 0.4) is 0 Å². The third kappa shape index (κ3) is 4.59. The molecule has 3 rings (SSSR count). The van der Waals surface area contributed by atoms with Gasteiger partial charge in [0, 0.05) is 32.2 Å². The van der Waals surface area contributed by atoms with Crippen molar-refractivity contribution in [3.05, 3.63) is 34.9 Å². The molecule has 1 heterocycles. The Morgan fingerprint density at radius 1 is 1.10 bits per heavy atom. The Kier molecular flexibility index (Phi) is 7.49. The average Bonchev–Trinajstić information content (AvgIpc) is 3.22. The molecular weight excluding hydrogens is 303 g/mol. The highest BCUT2D eigenvalue weighted by Crippen LogP contribution is 2.41. The Morgan fingerprint density at radius 3 is 2.19 bits per heavy atom. The highest BCUT2D eigenvalue weighted by molar-refractivity contribution is 5.85. The van der Waals surface area contributed by atoms with E-state index < -0.39 is 0 Å². The van der Waals surface area contributed by atoms with Gasteiger partial charge in [-0.3, -0.25) is 4.90 Å². The molecular formula is C17H28Cl2N2. The van der Waals surface area contributed by atoms with Crippen molar-refractivity contribution in [2.75, 3.05) is 26.2 Å². The molecule has 0 bridgehead atoms. The fraction of sp³-hybridized carbons (Fsp3) is 0.647. The smallest absolute Gasteiger partial charge is 0.0357 e. The SMILES string of the molecule is Cc1cccc(C)c1[C@@H](CC1CC1)N1CCNCC1.Cl.Cl. The van der Waals surface area contributed by atoms with Crippen LogP contribution in [0.15, 0.2) is 18.2 Å². The van der Waals surface area contributed by atoms with Gasteiger partial charge in [0.2, 0.25) is 0 Å². The predicted octanol–water partition coefficient (Wildman–Crippen LogP) is 3.89. The molecule has 1 atom stereocenters. The minimum Gasteiger partial charge on any atom is -0.314 e. The van der Waals surface area contributed by atoms with Crippen molar-refractivity contribution in [3.8, 4) is 0 Å². The van der Waals surface area contributed by atoms with E-state index in [1.807, 2.05) is 0 Å². The number of rotatable bonds is 4. The standard InChI is InChI=1S/C17H26N2.2ClH/c1-13-4-3-5-14(2)17(13)16(12-15-6-7-15)19-10-8-18-9-11-19;;/h3-5,15-16,18H,6-12H2,1-2H3;2*1H/t16-;;/m1../s1. The summed E-state index contributed by atoms with van der Waals surface area (Å²) >= 11 is 0. The molecule has 1 aromatic rings. The zero-order chi connectivity index (χ0) is 13.2. The van der Waals surface area contributed by atoms with Crippen molar-refractivity contribution in [1.82, 2.24) is 10.2 Å². The third-order valence-electron chi connectivity index (χ3n) is 4.72. The summed E-state index contributed by atoms with van der Waals surface area (Å²) in [4.78, 5) is 2.71. The van der Waals surface area contributed by atoms with Gasteiger partial charge >= 0.3 is 0 Å². The summed E-state index contributed by atoms with van der Waals surface area (Å²) in [7, 11) is 0. The van der Waals surface area contributed by atoms with Gasteiger partial charge in [0.25, 0.3) is 0 Å². The number of nitrogens with zero attached hydrogens (tertiary/aromatic N) is 1. The fourth-order valence-electron chi connectivity index (χ4n) is 3.47. The first kappa shape index (κ1) is 18.8. The summed E-state index contributed by atoms with van der Waals surface area (Å²) < 4.78 is 0. The van der Waals surface area contributed by atoms with E-state index in [4.69, 9.17) is 0 Å². The van der Waals surface area contributed by atoms with Gasteiger partial charge in [0.15, 0.2) is 0 Å². The molecule has 0 aromatic heterocycles. The van der Waals surface area contributed by atoms with Gasteiger partial charge in [-0.25, -0.2) is 0 Å². The van der Waals surface area contributed by atoms with Gasteiger partial charge < -0.3 is 5.32 Å². The third-order valence-corrected chi connectivity index (χ3v) is 4.72. The molecule has 1 aliphatic carbocycles. The van der Waals surface area contributed by atoms with Crippen molar-refractivity contribution in [2.24, 2.45) is 5.92 Å². The van der Waals surface area contributed by atoms with Crippen LogP contribution in [0.2, 0.25) is 0 Å². The fourth-order valence-corrected chi connectivity index (χ4v) is 3.47. The van der Waals surface area contributed by atoms with Gasteiger partial charge in [0.05, 0.1) is 0 Å². The number of halogens is 2. The minimum atomic E-state index is 0. The van der Waals surface area contributed by atoms with E-state index in [0.717, 1.165) is 19.0 Å². The van der Waals surface area contributed by atoms with Crippen molar-refractivity contribution in [2.45, 2.75) is 39.2 Å². The Morgan fingerprint density at radius 2 is 1.67 bits per heavy atom. The number of piperazine rings is 1. The topological polar surface area (TPSA) is 15.3 Å². The minimum absolute atomic E-state index is 0. The first-order valence-corrected chi connectivity index (χ1v) is 7.76. The molecule has 21 heavy (non-hydrogen) atoms. The highest BCUT2D eigenvalue weighted by atomic mass is 35.5. The lowest BCUT2D eigenvalue weighted by Gasteiger charge is -2.37. The summed E-state index contributed by atoms with van der Waals surface area (Å²) in [5.74, 6) is 0.985. The number of aryl methyl sites for hydroxylation is 2. The van der Waals surface area contributed by atoms with E-state index in [0.29, 0.717) is 6.04 Å². The van der Waals surface area contributed by atoms with Gasteiger partial charge in [-0.05, 0) is 42.9 Å². The summed E-state index contributed by atoms with van der Waals surface area (Å²) in [5.41, 5.74) is 4.56. The summed E-state index contributed by atoms with van der Waals surface area (Å²) in [6, 6.07) is 7.41. The van der Waals surface area contributed by atoms with E-state index in [9.17, 15) is 0 Å². The second-order valence-corrected chi connectivity index (χ2v) is 6.29. The predicted molar refractivity (Wildman–Crippen MR) is 94.9 cm³/mol. The van der Waals surface area contributed by atoms with E-state index in [2.05, 4.69) is 42.3 Å². The second-order valence-electron chi connectivity index (χ2n) is 6.29. The van der Waals surface area contributed by atoms with Gasteiger partial charge in [0.1, 0.15) is 0 Å². The zero-order valence-electron chi connectivity index (χ0n) is 13.1. The van der Waals surface area contributed by atoms with Crippen LogP contribution in [-0.2, 0) is 0 Å². The zero-order valence-corrected chi connectivity index (χ0v) is 14.7. The van der Waals surface area contributed by atoms with Gasteiger partial charge in [-0.15, -0.1) is 24.8 Å². The maximum atomic E-state index is 3.48. The largest absolute Gasteiger partial charge is 0.314 e. The van der Waals surface area contributed by atoms with Crippen LogP contribution in [0, 0.1) is 19.8 Å². The molecule has 120 valence electrons. The summed E-state index contributed by atoms with van der Waals surface area (Å²) in [6.45, 7) is 9.25. The summed E-state index contributed by atoms with van der Waals surface area (Å²) in [6.07, 6.45) is 4.27. The molecule has 0 radical (unpaired) electrons. The van der Waals surface area contributed by atoms with Gasteiger partial charge in [-0.2, -0.15) is 0 Å². The van der Waals surface area contributed by atoms with E-state index >= 15 is 0 Å². The van der Waals surface area contributed by atoms with E-state index in [-0.39, 0.29) is 24.8 Å². The lowest BCUT2D eigenvalue weighted by atomic mass is 9.91. The molecule has 1 saturated carbocycles. The maximum Gasteiger partial charge on any atom is 0.0357 e. The molecule has 4 heteroatoms. The maximum absolute atomic E-state index is 3.48. The lowest BCUT2D eigenvalue weighted by Crippen LogP contribution is -2.45. The quantitative estimate of drug-likeness (QED) is 0.900. The Balaban J connectivity index is 0.00000110. The van der Waals surface area contributed by atoms with Crippen LogP contribution >= 0.6 is 24.8 Å². The summed E-state index contributed by atoms with van der Waals surface area (Å²) in [5, 5.41) is 3.48. The Hall–Kier alpha value is -0.280. The lowest BCUT2D eigenvalue weighted by molar-refractivity contribution is 0.159. The van der Waals surface area contributed by atoms with Crippen LogP contribution in [0.5, 0.6) is 0 Å². The van der Waals surface area contributed by atoms with Crippen molar-refractivity contribution < 1.29 is 0 Å². The molecule has 1 N–H and O–H groups in total. The van der Waals surface area contributed by atoms with Crippen molar-refractivity contribution >= 4 is 24.8 Å². The number of benzene rings is 1. The number of hydrogen-bond acceptors (Lipinski definition) is 2. The molecule has 0 spiro atoms. The first-order valence-electron chi connectivity index (χ1n) is 7.76. The molecule has 0 unspecified atom stereocenters. The number of nitrogens with one attached hydrogen (secondary N) is 1. The van der Waals surface area contributed by atoms with E-state index in [1.54, 1.807) is 5.56 Å². The molecule has 0 amide bonds. The van der Waals surface area contributed by atoms with E-state index in [1.165, 1.54) is 43.5 Å². The van der Waals surface area contributed by atoms with Crippen LogP contribution in [-0.4, -0.2) is 31.1 Å². The average molecular weight is 331 g/mol. The van der Waals surface area contributed by atoms with Crippen LogP contribution in [0.1, 0.15) is 42.0 Å². The molecule has 1 saturated heterocycles. The molecule has 1 aromatic carbocycles. The van der Waals surface area contributed by atoms with Crippen LogP contribution in [0.4, 0.5) is 0 Å². The second kappa shape index (κ2) is 8.38. The molecule has 2 nitrogen and oxygen atoms in total. The molecule has 1 aliphatic heterocycles. The first-order chi connectivity index (χ1) is 9.25. The van der Waals surface area contributed by atoms with Crippen LogP contribution < -0.4 is 5.32 Å². The Bertz CT molecular complexity index is 420. The van der Waals surface area contributed by atoms with Gasteiger partial charge in [-0.1, -0.05) is 31.0 Å². The molecule has 2 aliphatic rings. The normalized spacial score (nSPS) is 20.3. The van der Waals surface area contributed by atoms with Crippen LogP contribution in [0.25, 0.3) is 0 Å². The number of hydrogen-bond donors (Lipinski definition) is 1. The highest BCUT2D eigenvalue weighted by Gasteiger charge is 2.31. The molecule has 2 fully saturated rings. The van der Waals surface area contributed by atoms with Crippen molar-refractivity contribution in [1.29, 1.82) is 0 Å². The van der Waals surface area contributed by atoms with Crippen molar-refractivity contribution in [3.63, 3.8) is 0 Å². The Labute approximate surface area is 141 Å².